The molecule has 174 valence electrons. The molecule has 1 N–H and O–H groups in total. The molecule has 10 heteroatoms. The van der Waals surface area contributed by atoms with E-state index in [-0.39, 0.29) is 11.7 Å². The van der Waals surface area contributed by atoms with E-state index < -0.39 is 0 Å². The van der Waals surface area contributed by atoms with Gasteiger partial charge in [-0.05, 0) is 41.8 Å². The molecule has 33 heavy (non-hydrogen) atoms. The Bertz CT molecular complexity index is 1070. The van der Waals surface area contributed by atoms with Crippen molar-refractivity contribution in [2.45, 2.75) is 18.1 Å². The summed E-state index contributed by atoms with van der Waals surface area (Å²) in [5.74, 6) is 2.17. The summed E-state index contributed by atoms with van der Waals surface area (Å²) in [6.07, 6.45) is 4.16. The molecule has 2 heterocycles. The summed E-state index contributed by atoms with van der Waals surface area (Å²) in [5.41, 5.74) is 2.10. The third-order valence-electron chi connectivity index (χ3n) is 4.81. The highest BCUT2D eigenvalue weighted by Crippen LogP contribution is 2.28. The van der Waals surface area contributed by atoms with E-state index in [2.05, 4.69) is 20.3 Å². The highest BCUT2D eigenvalue weighted by atomic mass is 35.5. The number of benzene rings is 1. The van der Waals surface area contributed by atoms with Crippen LogP contribution in [0.3, 0.4) is 0 Å². The monoisotopic (exact) mass is 487 g/mol. The van der Waals surface area contributed by atoms with Crippen LogP contribution >= 0.6 is 23.4 Å². The zero-order valence-electron chi connectivity index (χ0n) is 18.7. The van der Waals surface area contributed by atoms with Crippen molar-refractivity contribution in [2.75, 3.05) is 38.5 Å². The number of pyridine rings is 1. The van der Waals surface area contributed by atoms with Gasteiger partial charge in [-0.25, -0.2) is 9.97 Å². The third-order valence-corrected chi connectivity index (χ3v) is 5.85. The van der Waals surface area contributed by atoms with E-state index in [0.29, 0.717) is 40.7 Å². The lowest BCUT2D eigenvalue weighted by atomic mass is 10.1. The second kappa shape index (κ2) is 12.3. The van der Waals surface area contributed by atoms with Gasteiger partial charge in [0.25, 0.3) is 0 Å². The molecule has 0 aliphatic rings. The SMILES string of the molecule is COc1ccc(CCN(C)c2cc(Cl)nc(SCC(=O)NCc3ccncc3)n2)cc1OC. The Morgan fingerprint density at radius 3 is 2.55 bits per heavy atom. The maximum Gasteiger partial charge on any atom is 0.230 e. The molecule has 8 nitrogen and oxygen atoms in total. The van der Waals surface area contributed by atoms with Crippen LogP contribution in [0.25, 0.3) is 0 Å². The van der Waals surface area contributed by atoms with E-state index in [9.17, 15) is 4.79 Å². The largest absolute Gasteiger partial charge is 0.493 e. The number of thioether (sulfide) groups is 1. The van der Waals surface area contributed by atoms with Crippen LogP contribution in [-0.2, 0) is 17.8 Å². The molecular weight excluding hydrogens is 462 g/mol. The number of carbonyl (C=O) groups excluding carboxylic acids is 1. The van der Waals surface area contributed by atoms with Crippen LogP contribution in [0.2, 0.25) is 5.15 Å². The van der Waals surface area contributed by atoms with E-state index in [1.54, 1.807) is 32.7 Å². The number of rotatable bonds is 11. The lowest BCUT2D eigenvalue weighted by Gasteiger charge is -2.19. The molecule has 0 radical (unpaired) electrons. The Labute approximate surface area is 202 Å². The molecule has 0 fully saturated rings. The van der Waals surface area contributed by atoms with Gasteiger partial charge in [-0.1, -0.05) is 29.4 Å². The van der Waals surface area contributed by atoms with Gasteiger partial charge >= 0.3 is 0 Å². The molecule has 0 saturated heterocycles. The minimum Gasteiger partial charge on any atom is -0.493 e. The van der Waals surface area contributed by atoms with Crippen molar-refractivity contribution in [3.05, 3.63) is 65.1 Å². The first kappa shape index (κ1) is 24.6. The smallest absolute Gasteiger partial charge is 0.230 e. The zero-order chi connectivity index (χ0) is 23.6. The molecule has 2 aromatic heterocycles. The Balaban J connectivity index is 1.54. The predicted octanol–water partition coefficient (Wildman–Crippen LogP) is 3.63. The van der Waals surface area contributed by atoms with Gasteiger partial charge in [0.1, 0.15) is 11.0 Å². The quantitative estimate of drug-likeness (QED) is 0.249. The number of carbonyl (C=O) groups is 1. The first-order valence-electron chi connectivity index (χ1n) is 10.2. The van der Waals surface area contributed by atoms with E-state index >= 15 is 0 Å². The average molecular weight is 488 g/mol. The van der Waals surface area contributed by atoms with Gasteiger partial charge in [0.15, 0.2) is 16.7 Å². The Hall–Kier alpha value is -3.04. The molecule has 0 bridgehead atoms. The average Bonchev–Trinajstić information content (AvgIpc) is 2.84. The fourth-order valence-corrected chi connectivity index (χ4v) is 3.89. The summed E-state index contributed by atoms with van der Waals surface area (Å²) in [4.78, 5) is 26.9. The number of nitrogens with zero attached hydrogens (tertiary/aromatic N) is 4. The van der Waals surface area contributed by atoms with E-state index in [0.717, 1.165) is 17.5 Å². The summed E-state index contributed by atoms with van der Waals surface area (Å²) in [5, 5.41) is 3.66. The number of nitrogens with one attached hydrogen (secondary N) is 1. The molecule has 0 aliphatic heterocycles. The topological polar surface area (TPSA) is 89.5 Å². The molecule has 3 aromatic rings. The first-order valence-corrected chi connectivity index (χ1v) is 11.6. The lowest BCUT2D eigenvalue weighted by molar-refractivity contribution is -0.118. The Kier molecular flexibility index (Phi) is 9.14. The Morgan fingerprint density at radius 1 is 1.06 bits per heavy atom. The van der Waals surface area contributed by atoms with Crippen molar-refractivity contribution >= 4 is 35.1 Å². The number of amides is 1. The number of ether oxygens (including phenoxy) is 2. The summed E-state index contributed by atoms with van der Waals surface area (Å²) >= 11 is 7.46. The van der Waals surface area contributed by atoms with Crippen LogP contribution in [0.15, 0.2) is 53.9 Å². The highest BCUT2D eigenvalue weighted by molar-refractivity contribution is 7.99. The molecular formula is C23H26ClN5O3S. The normalized spacial score (nSPS) is 10.5. The van der Waals surface area contributed by atoms with Crippen LogP contribution in [0.4, 0.5) is 5.82 Å². The van der Waals surface area contributed by atoms with Gasteiger partial charge < -0.3 is 19.7 Å². The van der Waals surface area contributed by atoms with Gasteiger partial charge in [-0.2, -0.15) is 0 Å². The fourth-order valence-electron chi connectivity index (χ4n) is 2.98. The maximum atomic E-state index is 12.2. The minimum atomic E-state index is -0.108. The number of halogens is 1. The molecule has 0 spiro atoms. The van der Waals surface area contributed by atoms with Crippen LogP contribution < -0.4 is 19.7 Å². The van der Waals surface area contributed by atoms with Gasteiger partial charge in [0.05, 0.1) is 20.0 Å². The molecule has 0 unspecified atom stereocenters. The second-order valence-electron chi connectivity index (χ2n) is 7.11. The predicted molar refractivity (Wildman–Crippen MR) is 130 cm³/mol. The standard InChI is InChI=1S/C23H26ClN5O3S/c1-29(11-8-16-4-5-18(31-2)19(12-16)32-3)21-13-20(24)27-23(28-21)33-15-22(30)26-14-17-6-9-25-10-7-17/h4-7,9-10,12-13H,8,11,14-15H2,1-3H3,(H,26,30). The van der Waals surface area contributed by atoms with E-state index in [4.69, 9.17) is 21.1 Å². The number of likely N-dealkylation sites (N-methyl/N-ethyl adjacent to an activating group) is 1. The van der Waals surface area contributed by atoms with Crippen LogP contribution in [0.1, 0.15) is 11.1 Å². The maximum absolute atomic E-state index is 12.2. The highest BCUT2D eigenvalue weighted by Gasteiger charge is 2.11. The van der Waals surface area contributed by atoms with Crippen molar-refractivity contribution in [3.63, 3.8) is 0 Å². The Morgan fingerprint density at radius 2 is 1.82 bits per heavy atom. The van der Waals surface area contributed by atoms with Gasteiger partial charge in [0, 0.05) is 38.6 Å². The van der Waals surface area contributed by atoms with Crippen molar-refractivity contribution < 1.29 is 14.3 Å². The summed E-state index contributed by atoms with van der Waals surface area (Å²) in [6.45, 7) is 1.15. The summed E-state index contributed by atoms with van der Waals surface area (Å²) in [7, 11) is 5.18. The van der Waals surface area contributed by atoms with E-state index in [1.165, 1.54) is 11.8 Å². The summed E-state index contributed by atoms with van der Waals surface area (Å²) < 4.78 is 10.7. The van der Waals surface area contributed by atoms with Crippen molar-refractivity contribution in [1.29, 1.82) is 0 Å². The van der Waals surface area contributed by atoms with Crippen LogP contribution in [0, 0.1) is 0 Å². The number of anilines is 1. The molecule has 1 aromatic carbocycles. The zero-order valence-corrected chi connectivity index (χ0v) is 20.3. The van der Waals surface area contributed by atoms with E-state index in [1.807, 2.05) is 42.3 Å². The number of methoxy groups -OCH3 is 2. The van der Waals surface area contributed by atoms with Crippen molar-refractivity contribution in [3.8, 4) is 11.5 Å². The lowest BCUT2D eigenvalue weighted by Crippen LogP contribution is -2.25. The molecule has 0 saturated carbocycles. The first-order chi connectivity index (χ1) is 16.0. The molecule has 3 rings (SSSR count). The minimum absolute atomic E-state index is 0.108. The second-order valence-corrected chi connectivity index (χ2v) is 8.44. The number of hydrogen-bond donors (Lipinski definition) is 1. The molecule has 0 atom stereocenters. The van der Waals surface area contributed by atoms with Gasteiger partial charge in [0.2, 0.25) is 5.91 Å². The van der Waals surface area contributed by atoms with Gasteiger partial charge in [-0.3, -0.25) is 9.78 Å². The van der Waals surface area contributed by atoms with Crippen LogP contribution in [0.5, 0.6) is 11.5 Å². The third kappa shape index (κ3) is 7.50. The van der Waals surface area contributed by atoms with Crippen LogP contribution in [-0.4, -0.2) is 54.4 Å². The van der Waals surface area contributed by atoms with Crippen molar-refractivity contribution in [2.24, 2.45) is 0 Å². The number of aromatic nitrogens is 3. The molecule has 1 amide bonds. The number of hydrogen-bond acceptors (Lipinski definition) is 8. The fraction of sp³-hybridized carbons (Fsp3) is 0.304. The molecule has 0 aliphatic carbocycles. The van der Waals surface area contributed by atoms with Crippen molar-refractivity contribution in [1.82, 2.24) is 20.3 Å². The summed E-state index contributed by atoms with van der Waals surface area (Å²) in [6, 6.07) is 11.3. The van der Waals surface area contributed by atoms with Gasteiger partial charge in [-0.15, -0.1) is 0 Å².